The molecule has 110 valence electrons. The maximum absolute atomic E-state index is 12.3. The topological polar surface area (TPSA) is 60.8 Å². The molecule has 0 aliphatic heterocycles. The summed E-state index contributed by atoms with van der Waals surface area (Å²) in [6, 6.07) is 17.3. The minimum Gasteiger partial charge on any atom is -0.395 e. The van der Waals surface area contributed by atoms with Gasteiger partial charge < -0.3 is 15.1 Å². The minimum atomic E-state index is -0.183. The average molecular weight is 285 g/mol. The van der Waals surface area contributed by atoms with Crippen LogP contribution in [-0.2, 0) is 0 Å². The molecule has 4 nitrogen and oxygen atoms in total. The third kappa shape index (κ3) is 3.90. The summed E-state index contributed by atoms with van der Waals surface area (Å²) >= 11 is 0. The van der Waals surface area contributed by atoms with Gasteiger partial charge in [-0.05, 0) is 23.3 Å². The third-order valence-electron chi connectivity index (χ3n) is 3.27. The Morgan fingerprint density at radius 1 is 0.810 bits per heavy atom. The molecule has 0 aromatic heterocycles. The van der Waals surface area contributed by atoms with Crippen molar-refractivity contribution >= 4 is 5.91 Å². The molecule has 0 spiro atoms. The summed E-state index contributed by atoms with van der Waals surface area (Å²) in [5.41, 5.74) is 2.69. The number of aliphatic hydroxyl groups excluding tert-OH is 2. The zero-order valence-corrected chi connectivity index (χ0v) is 11.8. The summed E-state index contributed by atoms with van der Waals surface area (Å²) < 4.78 is 0. The number of aliphatic hydroxyl groups is 2. The fraction of sp³-hybridized carbons (Fsp3) is 0.235. The van der Waals surface area contributed by atoms with E-state index in [9.17, 15) is 4.79 Å². The van der Waals surface area contributed by atoms with Crippen molar-refractivity contribution in [3.63, 3.8) is 0 Å². The van der Waals surface area contributed by atoms with Crippen LogP contribution in [0.3, 0.4) is 0 Å². The van der Waals surface area contributed by atoms with Crippen molar-refractivity contribution in [3.05, 3.63) is 60.2 Å². The second kappa shape index (κ2) is 7.57. The van der Waals surface area contributed by atoms with E-state index >= 15 is 0 Å². The molecule has 0 bridgehead atoms. The molecule has 0 atom stereocenters. The van der Waals surface area contributed by atoms with Gasteiger partial charge in [0, 0.05) is 18.7 Å². The maximum atomic E-state index is 12.3. The van der Waals surface area contributed by atoms with Gasteiger partial charge in [-0.2, -0.15) is 0 Å². The highest BCUT2D eigenvalue weighted by Gasteiger charge is 2.14. The highest BCUT2D eigenvalue weighted by molar-refractivity contribution is 5.94. The van der Waals surface area contributed by atoms with Crippen LogP contribution in [0.25, 0.3) is 11.1 Å². The molecule has 2 aromatic rings. The van der Waals surface area contributed by atoms with Gasteiger partial charge in [0.25, 0.3) is 5.91 Å². The molecule has 0 heterocycles. The number of carbonyl (C=O) groups is 1. The molecule has 0 radical (unpaired) electrons. The fourth-order valence-electron chi connectivity index (χ4n) is 2.17. The molecule has 4 heteroatoms. The summed E-state index contributed by atoms with van der Waals surface area (Å²) in [6.45, 7) is 0.210. The van der Waals surface area contributed by atoms with Crippen molar-refractivity contribution in [2.45, 2.75) is 0 Å². The summed E-state index contributed by atoms with van der Waals surface area (Å²) in [7, 11) is 0. The van der Waals surface area contributed by atoms with E-state index in [0.29, 0.717) is 5.56 Å². The van der Waals surface area contributed by atoms with E-state index in [1.54, 1.807) is 12.1 Å². The second-order valence-corrected chi connectivity index (χ2v) is 4.68. The standard InChI is InChI=1S/C17H19NO3/c19-12-10-18(11-13-20)17(21)16-8-6-15(7-9-16)14-4-2-1-3-5-14/h1-9,19-20H,10-13H2. The largest absolute Gasteiger partial charge is 0.395 e. The molecule has 2 aromatic carbocycles. The van der Waals surface area contributed by atoms with Crippen LogP contribution in [0.5, 0.6) is 0 Å². The fourth-order valence-corrected chi connectivity index (χ4v) is 2.17. The van der Waals surface area contributed by atoms with Crippen LogP contribution in [0.15, 0.2) is 54.6 Å². The van der Waals surface area contributed by atoms with Crippen LogP contribution >= 0.6 is 0 Å². The van der Waals surface area contributed by atoms with Gasteiger partial charge in [-0.1, -0.05) is 42.5 Å². The van der Waals surface area contributed by atoms with Crippen molar-refractivity contribution < 1.29 is 15.0 Å². The highest BCUT2D eigenvalue weighted by Crippen LogP contribution is 2.19. The van der Waals surface area contributed by atoms with E-state index in [0.717, 1.165) is 11.1 Å². The lowest BCUT2D eigenvalue weighted by molar-refractivity contribution is 0.0685. The van der Waals surface area contributed by atoms with Gasteiger partial charge in [0.15, 0.2) is 0 Å². The second-order valence-electron chi connectivity index (χ2n) is 4.68. The molecule has 0 unspecified atom stereocenters. The van der Waals surface area contributed by atoms with Crippen molar-refractivity contribution in [2.75, 3.05) is 26.3 Å². The van der Waals surface area contributed by atoms with Crippen molar-refractivity contribution in [1.82, 2.24) is 4.90 Å². The van der Waals surface area contributed by atoms with E-state index in [1.807, 2.05) is 42.5 Å². The minimum absolute atomic E-state index is 0.117. The van der Waals surface area contributed by atoms with E-state index in [-0.39, 0.29) is 32.2 Å². The molecular weight excluding hydrogens is 266 g/mol. The molecule has 1 amide bonds. The molecular formula is C17H19NO3. The van der Waals surface area contributed by atoms with Gasteiger partial charge in [-0.3, -0.25) is 4.79 Å². The van der Waals surface area contributed by atoms with Crippen molar-refractivity contribution in [3.8, 4) is 11.1 Å². The van der Waals surface area contributed by atoms with Gasteiger partial charge in [-0.15, -0.1) is 0 Å². The molecule has 21 heavy (non-hydrogen) atoms. The third-order valence-corrected chi connectivity index (χ3v) is 3.27. The summed E-state index contributed by atoms with van der Waals surface area (Å²) in [4.78, 5) is 13.7. The number of carbonyl (C=O) groups excluding carboxylic acids is 1. The lowest BCUT2D eigenvalue weighted by atomic mass is 10.0. The summed E-state index contributed by atoms with van der Waals surface area (Å²) in [5, 5.41) is 18.0. The Kier molecular flexibility index (Phi) is 5.49. The zero-order chi connectivity index (χ0) is 15.1. The lowest BCUT2D eigenvalue weighted by Crippen LogP contribution is -2.35. The summed E-state index contributed by atoms with van der Waals surface area (Å²) in [5.74, 6) is -0.183. The Hall–Kier alpha value is -2.17. The number of hydrogen-bond acceptors (Lipinski definition) is 3. The predicted molar refractivity (Wildman–Crippen MR) is 82.0 cm³/mol. The Balaban J connectivity index is 2.16. The Labute approximate surface area is 124 Å². The zero-order valence-electron chi connectivity index (χ0n) is 11.8. The number of hydrogen-bond donors (Lipinski definition) is 2. The van der Waals surface area contributed by atoms with Crippen LogP contribution in [0.1, 0.15) is 10.4 Å². The first-order chi connectivity index (χ1) is 10.3. The number of amides is 1. The van der Waals surface area contributed by atoms with E-state index in [4.69, 9.17) is 10.2 Å². The molecule has 2 N–H and O–H groups in total. The van der Waals surface area contributed by atoms with Gasteiger partial charge in [0.1, 0.15) is 0 Å². The van der Waals surface area contributed by atoms with E-state index < -0.39 is 0 Å². The quantitative estimate of drug-likeness (QED) is 0.850. The number of rotatable bonds is 6. The number of benzene rings is 2. The van der Waals surface area contributed by atoms with Gasteiger partial charge in [0.05, 0.1) is 13.2 Å². The van der Waals surface area contributed by atoms with E-state index in [1.165, 1.54) is 4.90 Å². The first-order valence-electron chi connectivity index (χ1n) is 6.92. The average Bonchev–Trinajstić information content (AvgIpc) is 2.55. The predicted octanol–water partition coefficient (Wildman–Crippen LogP) is 1.78. The Morgan fingerprint density at radius 3 is 1.86 bits per heavy atom. The van der Waals surface area contributed by atoms with Crippen molar-refractivity contribution in [2.24, 2.45) is 0 Å². The normalized spacial score (nSPS) is 10.4. The summed E-state index contributed by atoms with van der Waals surface area (Å²) in [6.07, 6.45) is 0. The van der Waals surface area contributed by atoms with Crippen LogP contribution in [0.4, 0.5) is 0 Å². The highest BCUT2D eigenvalue weighted by atomic mass is 16.3. The molecule has 0 fully saturated rings. The molecule has 2 rings (SSSR count). The maximum Gasteiger partial charge on any atom is 0.254 e. The SMILES string of the molecule is O=C(c1ccc(-c2ccccc2)cc1)N(CCO)CCO. The first kappa shape index (κ1) is 15.2. The monoisotopic (exact) mass is 285 g/mol. The smallest absolute Gasteiger partial charge is 0.254 e. The van der Waals surface area contributed by atoms with Crippen LogP contribution < -0.4 is 0 Å². The number of nitrogens with zero attached hydrogens (tertiary/aromatic N) is 1. The van der Waals surface area contributed by atoms with Gasteiger partial charge >= 0.3 is 0 Å². The van der Waals surface area contributed by atoms with Crippen LogP contribution in [-0.4, -0.2) is 47.3 Å². The Morgan fingerprint density at radius 2 is 1.33 bits per heavy atom. The van der Waals surface area contributed by atoms with Crippen LogP contribution in [0.2, 0.25) is 0 Å². The first-order valence-corrected chi connectivity index (χ1v) is 6.92. The molecule has 0 saturated carbocycles. The van der Waals surface area contributed by atoms with Crippen LogP contribution in [0, 0.1) is 0 Å². The molecule has 0 aliphatic rings. The molecule has 0 aliphatic carbocycles. The van der Waals surface area contributed by atoms with E-state index in [2.05, 4.69) is 0 Å². The Bertz CT molecular complexity index is 560. The van der Waals surface area contributed by atoms with Gasteiger partial charge in [-0.25, -0.2) is 0 Å². The van der Waals surface area contributed by atoms with Crippen molar-refractivity contribution in [1.29, 1.82) is 0 Å². The van der Waals surface area contributed by atoms with Gasteiger partial charge in [0.2, 0.25) is 0 Å². The molecule has 0 saturated heterocycles. The lowest BCUT2D eigenvalue weighted by Gasteiger charge is -2.20.